The lowest BCUT2D eigenvalue weighted by Gasteiger charge is -2.25. The molecule has 42 heavy (non-hydrogen) atoms. The summed E-state index contributed by atoms with van der Waals surface area (Å²) in [6, 6.07) is 42.1. The highest BCUT2D eigenvalue weighted by molar-refractivity contribution is 6.19. The van der Waals surface area contributed by atoms with Crippen LogP contribution >= 0.6 is 0 Å². The van der Waals surface area contributed by atoms with Crippen LogP contribution in [-0.2, 0) is 0 Å². The second kappa shape index (κ2) is 9.22. The summed E-state index contributed by atoms with van der Waals surface area (Å²) < 4.78 is 4.85. The summed E-state index contributed by atoms with van der Waals surface area (Å²) in [4.78, 5) is 0. The highest BCUT2D eigenvalue weighted by atomic mass is 15.0. The zero-order chi connectivity index (χ0) is 28.4. The maximum Gasteiger partial charge on any atom is 0.0562 e. The molecule has 0 amide bonds. The van der Waals surface area contributed by atoms with Gasteiger partial charge in [0.1, 0.15) is 0 Å². The van der Waals surface area contributed by atoms with E-state index >= 15 is 0 Å². The third-order valence-corrected chi connectivity index (χ3v) is 8.87. The number of rotatable bonds is 3. The zero-order valence-corrected chi connectivity index (χ0v) is 24.2. The van der Waals surface area contributed by atoms with Crippen molar-refractivity contribution in [1.82, 2.24) is 9.13 Å². The molecule has 1 aliphatic carbocycles. The van der Waals surface area contributed by atoms with Gasteiger partial charge in [0.2, 0.25) is 0 Å². The highest BCUT2D eigenvalue weighted by Gasteiger charge is 2.23. The maximum atomic E-state index is 2.45. The molecule has 0 saturated heterocycles. The van der Waals surface area contributed by atoms with Crippen molar-refractivity contribution in [2.24, 2.45) is 5.41 Å². The van der Waals surface area contributed by atoms with Crippen LogP contribution in [0.3, 0.4) is 0 Å². The first-order chi connectivity index (χ1) is 20.5. The van der Waals surface area contributed by atoms with Gasteiger partial charge in [-0.2, -0.15) is 0 Å². The summed E-state index contributed by atoms with van der Waals surface area (Å²) >= 11 is 0. The van der Waals surface area contributed by atoms with Crippen molar-refractivity contribution in [2.45, 2.75) is 20.8 Å². The molecule has 2 aromatic heterocycles. The zero-order valence-electron chi connectivity index (χ0n) is 24.2. The molecule has 0 fully saturated rings. The number of hydrogen-bond acceptors (Lipinski definition) is 0. The molecule has 0 saturated carbocycles. The molecule has 7 aromatic rings. The summed E-state index contributed by atoms with van der Waals surface area (Å²) in [6.45, 7) is 6.76. The van der Waals surface area contributed by atoms with Crippen molar-refractivity contribution >= 4 is 49.2 Å². The van der Waals surface area contributed by atoms with Crippen molar-refractivity contribution in [3.63, 3.8) is 0 Å². The lowest BCUT2D eigenvalue weighted by Crippen LogP contribution is -2.10. The molecule has 202 valence electrons. The Balaban J connectivity index is 1.45. The standard InChI is InChI=1S/C40H32N2/c1-27-20-21-35(40(2,3)23-22-27)28-12-11-15-30(24-28)42-37-19-10-8-17-32(37)34-25-33-31-16-7-9-18-36(31)41(38(33)26-39(34)42)29-13-5-4-6-14-29/h4-26H,1-3H3. The van der Waals surface area contributed by atoms with Crippen LogP contribution in [-0.4, -0.2) is 9.13 Å². The van der Waals surface area contributed by atoms with E-state index in [1.165, 1.54) is 71.7 Å². The topological polar surface area (TPSA) is 9.86 Å². The van der Waals surface area contributed by atoms with Gasteiger partial charge in [-0.1, -0.05) is 110 Å². The van der Waals surface area contributed by atoms with E-state index in [1.807, 2.05) is 0 Å². The van der Waals surface area contributed by atoms with Gasteiger partial charge in [-0.25, -0.2) is 0 Å². The van der Waals surface area contributed by atoms with Crippen LogP contribution < -0.4 is 0 Å². The van der Waals surface area contributed by atoms with E-state index in [0.717, 1.165) is 0 Å². The molecular weight excluding hydrogens is 508 g/mol. The molecule has 2 heteroatoms. The van der Waals surface area contributed by atoms with E-state index in [-0.39, 0.29) is 5.41 Å². The Morgan fingerprint density at radius 1 is 0.500 bits per heavy atom. The first kappa shape index (κ1) is 24.7. The lowest BCUT2D eigenvalue weighted by atomic mass is 9.80. The van der Waals surface area contributed by atoms with Crippen LogP contribution in [0.5, 0.6) is 0 Å². The Morgan fingerprint density at radius 2 is 1.10 bits per heavy atom. The molecule has 0 aliphatic heterocycles. The summed E-state index contributed by atoms with van der Waals surface area (Å²) in [7, 11) is 0. The summed E-state index contributed by atoms with van der Waals surface area (Å²) in [5.74, 6) is 0. The Morgan fingerprint density at radius 3 is 1.79 bits per heavy atom. The molecule has 0 radical (unpaired) electrons. The van der Waals surface area contributed by atoms with Crippen LogP contribution in [0, 0.1) is 5.41 Å². The van der Waals surface area contributed by atoms with Crippen LogP contribution in [0.4, 0.5) is 0 Å². The summed E-state index contributed by atoms with van der Waals surface area (Å²) in [5, 5.41) is 5.09. The molecule has 2 nitrogen and oxygen atoms in total. The monoisotopic (exact) mass is 540 g/mol. The molecule has 0 N–H and O–H groups in total. The van der Waals surface area contributed by atoms with Gasteiger partial charge >= 0.3 is 0 Å². The van der Waals surface area contributed by atoms with Crippen molar-refractivity contribution in [3.8, 4) is 11.4 Å². The predicted octanol–water partition coefficient (Wildman–Crippen LogP) is 10.8. The van der Waals surface area contributed by atoms with E-state index in [4.69, 9.17) is 0 Å². The van der Waals surface area contributed by atoms with Gasteiger partial charge in [0.05, 0.1) is 22.1 Å². The number of fused-ring (bicyclic) bond motifs is 6. The smallest absolute Gasteiger partial charge is 0.0562 e. The minimum atomic E-state index is -0.0729. The van der Waals surface area contributed by atoms with Gasteiger partial charge in [-0.15, -0.1) is 0 Å². The van der Waals surface area contributed by atoms with Crippen LogP contribution in [0.2, 0.25) is 0 Å². The van der Waals surface area contributed by atoms with Gasteiger partial charge in [-0.3, -0.25) is 0 Å². The molecule has 0 unspecified atom stereocenters. The third-order valence-electron chi connectivity index (χ3n) is 8.87. The Hall–Kier alpha value is -5.08. The van der Waals surface area contributed by atoms with Gasteiger partial charge < -0.3 is 9.13 Å². The molecule has 5 aromatic carbocycles. The van der Waals surface area contributed by atoms with E-state index in [2.05, 4.69) is 169 Å². The van der Waals surface area contributed by atoms with Gasteiger partial charge in [0.25, 0.3) is 0 Å². The third kappa shape index (κ3) is 3.72. The maximum absolute atomic E-state index is 2.45. The number of nitrogens with zero attached hydrogens (tertiary/aromatic N) is 2. The minimum absolute atomic E-state index is 0.0729. The van der Waals surface area contributed by atoms with Crippen molar-refractivity contribution in [2.75, 3.05) is 0 Å². The van der Waals surface area contributed by atoms with E-state index in [0.29, 0.717) is 0 Å². The number of para-hydroxylation sites is 3. The van der Waals surface area contributed by atoms with E-state index in [1.54, 1.807) is 0 Å². The fourth-order valence-corrected chi connectivity index (χ4v) is 6.76. The molecular formula is C40H32N2. The first-order valence-electron chi connectivity index (χ1n) is 14.7. The Bertz CT molecular complexity index is 2270. The average molecular weight is 541 g/mol. The van der Waals surface area contributed by atoms with Crippen LogP contribution in [0.15, 0.2) is 145 Å². The molecule has 1 aliphatic rings. The fraction of sp³-hybridized carbons (Fsp3) is 0.100. The second-order valence-electron chi connectivity index (χ2n) is 12.0. The lowest BCUT2D eigenvalue weighted by molar-refractivity contribution is 0.650. The van der Waals surface area contributed by atoms with Crippen molar-refractivity contribution in [1.29, 1.82) is 0 Å². The Kier molecular flexibility index (Phi) is 5.42. The largest absolute Gasteiger partial charge is 0.309 e. The molecule has 2 heterocycles. The molecule has 0 bridgehead atoms. The highest BCUT2D eigenvalue weighted by Crippen LogP contribution is 2.41. The quantitative estimate of drug-likeness (QED) is 0.211. The van der Waals surface area contributed by atoms with E-state index in [9.17, 15) is 0 Å². The molecule has 0 spiro atoms. The summed E-state index contributed by atoms with van der Waals surface area (Å²) in [6.07, 6.45) is 9.08. The van der Waals surface area contributed by atoms with Crippen molar-refractivity contribution < 1.29 is 0 Å². The summed E-state index contributed by atoms with van der Waals surface area (Å²) in [5.41, 5.74) is 11.0. The van der Waals surface area contributed by atoms with Gasteiger partial charge in [0, 0.05) is 38.3 Å². The molecule has 0 atom stereocenters. The van der Waals surface area contributed by atoms with Gasteiger partial charge in [0.15, 0.2) is 0 Å². The number of benzene rings is 5. The fourth-order valence-electron chi connectivity index (χ4n) is 6.76. The number of allylic oxidation sites excluding steroid dienone is 6. The van der Waals surface area contributed by atoms with Crippen molar-refractivity contribution in [3.05, 3.63) is 151 Å². The minimum Gasteiger partial charge on any atom is -0.309 e. The SMILES string of the molecule is CC1=CC=C(c2cccc(-n3c4ccccc4c4cc5c6ccccc6n(-c6ccccc6)c5cc43)c2)C(C)(C)C=C1. The van der Waals surface area contributed by atoms with Crippen LogP contribution in [0.1, 0.15) is 26.3 Å². The number of hydrogen-bond donors (Lipinski definition) is 0. The number of aromatic nitrogens is 2. The van der Waals surface area contributed by atoms with E-state index < -0.39 is 0 Å². The normalized spacial score (nSPS) is 14.9. The Labute approximate surface area is 246 Å². The van der Waals surface area contributed by atoms with Gasteiger partial charge in [-0.05, 0) is 66.6 Å². The average Bonchev–Trinajstić information content (AvgIpc) is 3.46. The van der Waals surface area contributed by atoms with Crippen LogP contribution in [0.25, 0.3) is 60.6 Å². The first-order valence-corrected chi connectivity index (χ1v) is 14.7. The predicted molar refractivity (Wildman–Crippen MR) is 180 cm³/mol. The second-order valence-corrected chi connectivity index (χ2v) is 12.0. The molecule has 8 rings (SSSR count).